The standard InChI is InChI=1S/C21H25N5/c1-15-16(2)23-24-21(19(15)13-22)25-10-7-17(8-11-25)14-26-12-9-18-5-3-4-6-20(18)26/h3-6,17H,7-12,14H2,1-2H3. The highest BCUT2D eigenvalue weighted by atomic mass is 15.3. The van der Waals surface area contributed by atoms with E-state index in [9.17, 15) is 5.26 Å². The van der Waals surface area contributed by atoms with Gasteiger partial charge in [0.05, 0.1) is 5.69 Å². The van der Waals surface area contributed by atoms with Gasteiger partial charge in [-0.3, -0.25) is 0 Å². The van der Waals surface area contributed by atoms with E-state index in [1.54, 1.807) is 0 Å². The van der Waals surface area contributed by atoms with Crippen molar-refractivity contribution in [3.05, 3.63) is 46.6 Å². The van der Waals surface area contributed by atoms with Crippen LogP contribution in [0.2, 0.25) is 0 Å². The van der Waals surface area contributed by atoms with Crippen molar-refractivity contribution in [2.45, 2.75) is 33.1 Å². The molecule has 26 heavy (non-hydrogen) atoms. The summed E-state index contributed by atoms with van der Waals surface area (Å²) in [5.41, 5.74) is 5.38. The number of benzene rings is 1. The van der Waals surface area contributed by atoms with Gasteiger partial charge in [0.25, 0.3) is 0 Å². The van der Waals surface area contributed by atoms with Crippen LogP contribution >= 0.6 is 0 Å². The van der Waals surface area contributed by atoms with Crippen LogP contribution in [0.1, 0.15) is 35.2 Å². The van der Waals surface area contributed by atoms with E-state index < -0.39 is 0 Å². The summed E-state index contributed by atoms with van der Waals surface area (Å²) in [6, 6.07) is 11.1. The molecule has 0 radical (unpaired) electrons. The summed E-state index contributed by atoms with van der Waals surface area (Å²) in [6.45, 7) is 8.05. The molecule has 0 spiro atoms. The average molecular weight is 347 g/mol. The van der Waals surface area contributed by atoms with E-state index in [1.165, 1.54) is 17.7 Å². The molecule has 4 rings (SSSR count). The van der Waals surface area contributed by atoms with Crippen molar-refractivity contribution in [1.82, 2.24) is 10.2 Å². The molecular weight excluding hydrogens is 322 g/mol. The summed E-state index contributed by atoms with van der Waals surface area (Å²) >= 11 is 0. The smallest absolute Gasteiger partial charge is 0.169 e. The lowest BCUT2D eigenvalue weighted by Gasteiger charge is -2.35. The third kappa shape index (κ3) is 3.01. The van der Waals surface area contributed by atoms with Crippen molar-refractivity contribution in [1.29, 1.82) is 5.26 Å². The van der Waals surface area contributed by atoms with Gasteiger partial charge in [-0.25, -0.2) is 0 Å². The van der Waals surface area contributed by atoms with E-state index >= 15 is 0 Å². The molecule has 2 aliphatic heterocycles. The molecule has 1 aromatic carbocycles. The molecule has 1 saturated heterocycles. The van der Waals surface area contributed by atoms with Gasteiger partial charge in [0.15, 0.2) is 5.82 Å². The Kier molecular flexibility index (Phi) is 4.50. The van der Waals surface area contributed by atoms with Crippen LogP contribution in [-0.2, 0) is 6.42 Å². The van der Waals surface area contributed by atoms with E-state index in [-0.39, 0.29) is 0 Å². The summed E-state index contributed by atoms with van der Waals surface area (Å²) in [5.74, 6) is 1.46. The maximum absolute atomic E-state index is 9.54. The van der Waals surface area contributed by atoms with E-state index in [2.05, 4.69) is 50.3 Å². The van der Waals surface area contributed by atoms with Crippen LogP contribution in [0.15, 0.2) is 24.3 Å². The fourth-order valence-electron chi connectivity index (χ4n) is 4.19. The molecule has 5 heteroatoms. The minimum Gasteiger partial charge on any atom is -0.371 e. The summed E-state index contributed by atoms with van der Waals surface area (Å²) in [7, 11) is 0. The fourth-order valence-corrected chi connectivity index (χ4v) is 4.19. The molecule has 0 amide bonds. The Balaban J connectivity index is 1.41. The molecule has 0 unspecified atom stereocenters. The van der Waals surface area contributed by atoms with Crippen molar-refractivity contribution in [3.63, 3.8) is 0 Å². The van der Waals surface area contributed by atoms with Crippen LogP contribution < -0.4 is 9.80 Å². The predicted molar refractivity (Wildman–Crippen MR) is 104 cm³/mol. The lowest BCUT2D eigenvalue weighted by atomic mass is 9.95. The third-order valence-corrected chi connectivity index (χ3v) is 5.92. The first-order valence-electron chi connectivity index (χ1n) is 9.49. The monoisotopic (exact) mass is 347 g/mol. The van der Waals surface area contributed by atoms with Gasteiger partial charge in [-0.15, -0.1) is 5.10 Å². The molecule has 0 saturated carbocycles. The topological polar surface area (TPSA) is 56.1 Å². The second-order valence-corrected chi connectivity index (χ2v) is 7.48. The Labute approximate surface area is 155 Å². The fraction of sp³-hybridized carbons (Fsp3) is 0.476. The highest BCUT2D eigenvalue weighted by Gasteiger charge is 2.27. The van der Waals surface area contributed by atoms with Crippen LogP contribution in [0.3, 0.4) is 0 Å². The molecule has 2 aromatic rings. The van der Waals surface area contributed by atoms with Crippen molar-refractivity contribution in [3.8, 4) is 6.07 Å². The van der Waals surface area contributed by atoms with Crippen LogP contribution in [0.25, 0.3) is 0 Å². The Morgan fingerprint density at radius 3 is 2.65 bits per heavy atom. The van der Waals surface area contributed by atoms with Gasteiger partial charge in [-0.1, -0.05) is 18.2 Å². The number of hydrogen-bond acceptors (Lipinski definition) is 5. The molecule has 0 atom stereocenters. The predicted octanol–water partition coefficient (Wildman–Crippen LogP) is 3.24. The maximum atomic E-state index is 9.54. The Morgan fingerprint density at radius 2 is 1.88 bits per heavy atom. The zero-order valence-corrected chi connectivity index (χ0v) is 15.6. The lowest BCUT2D eigenvalue weighted by molar-refractivity contribution is 0.403. The molecule has 1 fully saturated rings. The molecule has 5 nitrogen and oxygen atoms in total. The SMILES string of the molecule is Cc1nnc(N2CCC(CN3CCc4ccccc43)CC2)c(C#N)c1C. The molecule has 2 aliphatic rings. The van der Waals surface area contributed by atoms with Crippen LogP contribution in [-0.4, -0.2) is 36.4 Å². The minimum absolute atomic E-state index is 0.685. The molecule has 0 aliphatic carbocycles. The summed E-state index contributed by atoms with van der Waals surface area (Å²) in [4.78, 5) is 4.79. The van der Waals surface area contributed by atoms with E-state index in [0.717, 1.165) is 56.1 Å². The molecule has 0 N–H and O–H groups in total. The number of aromatic nitrogens is 2. The second-order valence-electron chi connectivity index (χ2n) is 7.48. The van der Waals surface area contributed by atoms with E-state index in [4.69, 9.17) is 0 Å². The molecule has 3 heterocycles. The van der Waals surface area contributed by atoms with Gasteiger partial charge in [0, 0.05) is 31.9 Å². The van der Waals surface area contributed by atoms with Gasteiger partial charge < -0.3 is 9.80 Å². The number of rotatable bonds is 3. The zero-order valence-electron chi connectivity index (χ0n) is 15.6. The minimum atomic E-state index is 0.685. The Morgan fingerprint density at radius 1 is 1.12 bits per heavy atom. The largest absolute Gasteiger partial charge is 0.371 e. The van der Waals surface area contributed by atoms with Gasteiger partial charge in [0.1, 0.15) is 11.6 Å². The quantitative estimate of drug-likeness (QED) is 0.853. The van der Waals surface area contributed by atoms with Crippen molar-refractivity contribution >= 4 is 11.5 Å². The van der Waals surface area contributed by atoms with Crippen molar-refractivity contribution in [2.75, 3.05) is 36.0 Å². The number of para-hydroxylation sites is 1. The third-order valence-electron chi connectivity index (χ3n) is 5.92. The number of nitrogens with zero attached hydrogens (tertiary/aromatic N) is 5. The van der Waals surface area contributed by atoms with Gasteiger partial charge in [-0.05, 0) is 56.2 Å². The highest BCUT2D eigenvalue weighted by molar-refractivity contribution is 5.59. The first-order valence-corrected chi connectivity index (χ1v) is 9.49. The van der Waals surface area contributed by atoms with Gasteiger partial charge in [0.2, 0.25) is 0 Å². The highest BCUT2D eigenvalue weighted by Crippen LogP contribution is 2.31. The van der Waals surface area contributed by atoms with Crippen LogP contribution in [0.5, 0.6) is 0 Å². The van der Waals surface area contributed by atoms with Crippen LogP contribution in [0, 0.1) is 31.1 Å². The van der Waals surface area contributed by atoms with Gasteiger partial charge >= 0.3 is 0 Å². The number of hydrogen-bond donors (Lipinski definition) is 0. The molecular formula is C21H25N5. The van der Waals surface area contributed by atoms with Crippen molar-refractivity contribution < 1.29 is 0 Å². The number of fused-ring (bicyclic) bond motifs is 1. The first kappa shape index (κ1) is 16.8. The van der Waals surface area contributed by atoms with E-state index in [1.807, 2.05) is 13.8 Å². The second kappa shape index (κ2) is 6.95. The van der Waals surface area contributed by atoms with E-state index in [0.29, 0.717) is 11.5 Å². The summed E-state index contributed by atoms with van der Waals surface area (Å²) in [5, 5.41) is 18.1. The Bertz CT molecular complexity index is 846. The first-order chi connectivity index (χ1) is 12.7. The Hall–Kier alpha value is -2.61. The molecule has 134 valence electrons. The average Bonchev–Trinajstić information content (AvgIpc) is 3.08. The zero-order chi connectivity index (χ0) is 18.1. The normalized spacial score (nSPS) is 17.3. The number of piperidine rings is 1. The summed E-state index contributed by atoms with van der Waals surface area (Å²) < 4.78 is 0. The van der Waals surface area contributed by atoms with Crippen molar-refractivity contribution in [2.24, 2.45) is 5.92 Å². The number of aryl methyl sites for hydroxylation is 1. The lowest BCUT2D eigenvalue weighted by Crippen LogP contribution is -2.39. The molecule has 0 bridgehead atoms. The molecule has 1 aromatic heterocycles. The number of nitriles is 1. The van der Waals surface area contributed by atoms with Gasteiger partial charge in [-0.2, -0.15) is 10.4 Å². The summed E-state index contributed by atoms with van der Waals surface area (Å²) in [6.07, 6.45) is 3.44. The maximum Gasteiger partial charge on any atom is 0.169 e. The van der Waals surface area contributed by atoms with Crippen LogP contribution in [0.4, 0.5) is 11.5 Å². The number of anilines is 2.